The summed E-state index contributed by atoms with van der Waals surface area (Å²) in [5, 5.41) is 2.57. The first-order valence-electron chi connectivity index (χ1n) is 7.49. The molecular formula is C17H18F2N2O3S. The third-order valence-corrected chi connectivity index (χ3v) is 4.71. The van der Waals surface area contributed by atoms with Crippen LogP contribution in [0.4, 0.5) is 14.5 Å². The Labute approximate surface area is 145 Å². The summed E-state index contributed by atoms with van der Waals surface area (Å²) in [7, 11) is -3.54. The van der Waals surface area contributed by atoms with E-state index in [-0.39, 0.29) is 25.4 Å². The van der Waals surface area contributed by atoms with E-state index in [9.17, 15) is 22.0 Å². The molecule has 2 aromatic rings. The van der Waals surface area contributed by atoms with Crippen molar-refractivity contribution in [2.75, 3.05) is 18.1 Å². The minimum Gasteiger partial charge on any atom is -0.326 e. The van der Waals surface area contributed by atoms with Gasteiger partial charge >= 0.3 is 0 Å². The van der Waals surface area contributed by atoms with Crippen LogP contribution in [0.15, 0.2) is 48.5 Å². The summed E-state index contributed by atoms with van der Waals surface area (Å²) in [6.45, 7) is 0.0200. The molecule has 134 valence electrons. The lowest BCUT2D eigenvalue weighted by Gasteiger charge is -2.19. The number of anilines is 1. The second-order valence-electron chi connectivity index (χ2n) is 5.53. The summed E-state index contributed by atoms with van der Waals surface area (Å²) in [5.41, 5.74) is 1.04. The van der Waals surface area contributed by atoms with E-state index in [4.69, 9.17) is 0 Å². The van der Waals surface area contributed by atoms with Gasteiger partial charge in [0, 0.05) is 25.2 Å². The van der Waals surface area contributed by atoms with Crippen LogP contribution in [0.25, 0.3) is 0 Å². The second-order valence-corrected chi connectivity index (χ2v) is 7.51. The molecule has 0 aliphatic heterocycles. The highest BCUT2D eigenvalue weighted by atomic mass is 32.2. The van der Waals surface area contributed by atoms with Crippen LogP contribution in [0.5, 0.6) is 0 Å². The van der Waals surface area contributed by atoms with Crippen molar-refractivity contribution >= 4 is 21.6 Å². The van der Waals surface area contributed by atoms with Gasteiger partial charge in [-0.3, -0.25) is 4.79 Å². The molecule has 2 rings (SSSR count). The molecule has 0 aliphatic rings. The van der Waals surface area contributed by atoms with Crippen LogP contribution in [0.3, 0.4) is 0 Å². The van der Waals surface area contributed by atoms with Crippen LogP contribution >= 0.6 is 0 Å². The number of amides is 1. The molecule has 0 saturated heterocycles. The number of hydrogen-bond donors (Lipinski definition) is 1. The molecule has 5 nitrogen and oxygen atoms in total. The van der Waals surface area contributed by atoms with Crippen molar-refractivity contribution in [2.24, 2.45) is 0 Å². The van der Waals surface area contributed by atoms with Gasteiger partial charge in [0.1, 0.15) is 11.6 Å². The summed E-state index contributed by atoms with van der Waals surface area (Å²) >= 11 is 0. The molecule has 0 spiro atoms. The van der Waals surface area contributed by atoms with Gasteiger partial charge in [-0.2, -0.15) is 4.31 Å². The average molecular weight is 368 g/mol. The summed E-state index contributed by atoms with van der Waals surface area (Å²) in [5.74, 6) is -1.21. The van der Waals surface area contributed by atoms with Gasteiger partial charge in [0.2, 0.25) is 15.9 Å². The van der Waals surface area contributed by atoms with E-state index in [1.54, 1.807) is 0 Å². The summed E-state index contributed by atoms with van der Waals surface area (Å²) < 4.78 is 50.7. The molecule has 0 aromatic heterocycles. The van der Waals surface area contributed by atoms with Crippen LogP contribution < -0.4 is 5.32 Å². The van der Waals surface area contributed by atoms with Crippen molar-refractivity contribution in [3.05, 3.63) is 65.7 Å². The predicted molar refractivity (Wildman–Crippen MR) is 91.3 cm³/mol. The minimum atomic E-state index is -3.54. The topological polar surface area (TPSA) is 66.5 Å². The van der Waals surface area contributed by atoms with E-state index in [1.807, 2.05) is 0 Å². The molecule has 25 heavy (non-hydrogen) atoms. The maximum atomic E-state index is 12.9. The first kappa shape index (κ1) is 19.0. The first-order chi connectivity index (χ1) is 11.7. The number of halogens is 2. The minimum absolute atomic E-state index is 0.0246. The number of rotatable bonds is 7. The molecular weight excluding hydrogens is 350 g/mol. The van der Waals surface area contributed by atoms with Crippen molar-refractivity contribution in [3.63, 3.8) is 0 Å². The normalized spacial score (nSPS) is 11.5. The number of sulfonamides is 1. The van der Waals surface area contributed by atoms with Crippen molar-refractivity contribution in [3.8, 4) is 0 Å². The Kier molecular flexibility index (Phi) is 6.22. The lowest BCUT2D eigenvalue weighted by Crippen LogP contribution is -2.32. The Morgan fingerprint density at radius 3 is 2.04 bits per heavy atom. The smallest absolute Gasteiger partial charge is 0.225 e. The van der Waals surface area contributed by atoms with Gasteiger partial charge < -0.3 is 5.32 Å². The predicted octanol–water partition coefficient (Wildman–Crippen LogP) is 2.76. The Hall–Kier alpha value is -2.32. The molecule has 0 unspecified atom stereocenters. The van der Waals surface area contributed by atoms with Gasteiger partial charge in [-0.25, -0.2) is 17.2 Å². The Bertz CT molecular complexity index is 822. The van der Waals surface area contributed by atoms with E-state index in [1.165, 1.54) is 48.5 Å². The van der Waals surface area contributed by atoms with E-state index < -0.39 is 21.7 Å². The van der Waals surface area contributed by atoms with Crippen LogP contribution in [-0.2, 0) is 21.4 Å². The number of nitrogens with one attached hydrogen (secondary N) is 1. The third kappa shape index (κ3) is 6.24. The third-order valence-electron chi connectivity index (χ3n) is 3.46. The van der Waals surface area contributed by atoms with Gasteiger partial charge in [0.05, 0.1) is 6.26 Å². The second kappa shape index (κ2) is 8.17. The zero-order valence-corrected chi connectivity index (χ0v) is 14.4. The molecule has 0 bridgehead atoms. The lowest BCUT2D eigenvalue weighted by molar-refractivity contribution is -0.116. The fraction of sp³-hybridized carbons (Fsp3) is 0.235. The monoisotopic (exact) mass is 368 g/mol. The van der Waals surface area contributed by atoms with E-state index in [2.05, 4.69) is 5.32 Å². The van der Waals surface area contributed by atoms with Crippen LogP contribution in [0, 0.1) is 11.6 Å². The van der Waals surface area contributed by atoms with Crippen LogP contribution in [0.1, 0.15) is 12.0 Å². The summed E-state index contributed by atoms with van der Waals surface area (Å²) in [6.07, 6.45) is 0.986. The quantitative estimate of drug-likeness (QED) is 0.817. The van der Waals surface area contributed by atoms with Gasteiger partial charge in [-0.1, -0.05) is 12.1 Å². The molecule has 0 fully saturated rings. The fourth-order valence-corrected chi connectivity index (χ4v) is 2.95. The molecule has 0 atom stereocenters. The summed E-state index contributed by atoms with van der Waals surface area (Å²) in [4.78, 5) is 11.9. The molecule has 0 heterocycles. The number of carbonyl (C=O) groups excluding carboxylic acids is 1. The molecule has 1 N–H and O–H groups in total. The van der Waals surface area contributed by atoms with E-state index >= 15 is 0 Å². The number of hydrogen-bond acceptors (Lipinski definition) is 3. The SMILES string of the molecule is CS(=O)(=O)N(CCC(=O)Nc1ccc(F)cc1)Cc1ccc(F)cc1. The number of carbonyl (C=O) groups is 1. The Morgan fingerprint density at radius 1 is 1.00 bits per heavy atom. The van der Waals surface area contributed by atoms with E-state index in [0.717, 1.165) is 10.6 Å². The average Bonchev–Trinajstić information content (AvgIpc) is 2.54. The first-order valence-corrected chi connectivity index (χ1v) is 9.34. The van der Waals surface area contributed by atoms with E-state index in [0.29, 0.717) is 11.3 Å². The van der Waals surface area contributed by atoms with Crippen molar-refractivity contribution in [1.29, 1.82) is 0 Å². The largest absolute Gasteiger partial charge is 0.326 e. The summed E-state index contributed by atoms with van der Waals surface area (Å²) in [6, 6.07) is 10.7. The molecule has 8 heteroatoms. The highest BCUT2D eigenvalue weighted by molar-refractivity contribution is 7.88. The maximum absolute atomic E-state index is 12.9. The number of nitrogens with zero attached hydrogens (tertiary/aromatic N) is 1. The lowest BCUT2D eigenvalue weighted by atomic mass is 10.2. The highest BCUT2D eigenvalue weighted by Crippen LogP contribution is 2.12. The van der Waals surface area contributed by atoms with Gasteiger partial charge in [-0.05, 0) is 42.0 Å². The molecule has 0 saturated carbocycles. The van der Waals surface area contributed by atoms with Crippen molar-refractivity contribution in [1.82, 2.24) is 4.31 Å². The Morgan fingerprint density at radius 2 is 1.52 bits per heavy atom. The molecule has 1 amide bonds. The maximum Gasteiger partial charge on any atom is 0.225 e. The number of benzene rings is 2. The fourth-order valence-electron chi connectivity index (χ4n) is 2.14. The van der Waals surface area contributed by atoms with Crippen molar-refractivity contribution < 1.29 is 22.0 Å². The van der Waals surface area contributed by atoms with Gasteiger partial charge in [0.25, 0.3) is 0 Å². The van der Waals surface area contributed by atoms with Gasteiger partial charge in [0.15, 0.2) is 0 Å². The zero-order valence-electron chi connectivity index (χ0n) is 13.6. The van der Waals surface area contributed by atoms with Crippen molar-refractivity contribution in [2.45, 2.75) is 13.0 Å². The molecule has 2 aromatic carbocycles. The molecule has 0 radical (unpaired) electrons. The standard InChI is InChI=1S/C17H18F2N2O3S/c1-25(23,24)21(12-13-2-4-14(18)5-3-13)11-10-17(22)20-16-8-6-15(19)7-9-16/h2-9H,10-12H2,1H3,(H,20,22). The van der Waals surface area contributed by atoms with Crippen LogP contribution in [-0.4, -0.2) is 31.4 Å². The Balaban J connectivity index is 1.96. The van der Waals surface area contributed by atoms with Crippen LogP contribution in [0.2, 0.25) is 0 Å². The van der Waals surface area contributed by atoms with Gasteiger partial charge in [-0.15, -0.1) is 0 Å². The molecule has 0 aliphatic carbocycles. The highest BCUT2D eigenvalue weighted by Gasteiger charge is 2.18. The zero-order chi connectivity index (χ0) is 18.4.